The first-order valence-electron chi connectivity index (χ1n) is 4.79. The zero-order valence-corrected chi connectivity index (χ0v) is 8.57. The van der Waals surface area contributed by atoms with Crippen LogP contribution in [0.2, 0.25) is 0 Å². The lowest BCUT2D eigenvalue weighted by Crippen LogP contribution is -2.15. The first-order chi connectivity index (χ1) is 7.24. The van der Waals surface area contributed by atoms with E-state index in [1.165, 1.54) is 12.3 Å². The van der Waals surface area contributed by atoms with Crippen molar-refractivity contribution >= 4 is 11.7 Å². The lowest BCUT2D eigenvalue weighted by Gasteiger charge is -1.95. The molecule has 0 saturated carbocycles. The molecule has 0 heterocycles. The first kappa shape index (κ1) is 11.2. The number of allylic oxidation sites excluding steroid dienone is 1. The largest absolute Gasteiger partial charge is 0.333 e. The highest BCUT2D eigenvalue weighted by Crippen LogP contribution is 2.00. The Bertz CT molecular complexity index is 368. The number of ketones is 1. The van der Waals surface area contributed by atoms with Gasteiger partial charge in [-0.3, -0.25) is 9.59 Å². The Labute approximate surface area is 88.8 Å². The molecule has 0 saturated heterocycles. The minimum absolute atomic E-state index is 0.105. The second-order valence-electron chi connectivity index (χ2n) is 2.98. The Kier molecular flexibility index (Phi) is 4.29. The zero-order valence-electron chi connectivity index (χ0n) is 8.57. The van der Waals surface area contributed by atoms with Gasteiger partial charge in [0.2, 0.25) is 5.91 Å². The molecule has 3 heteroatoms. The summed E-state index contributed by atoms with van der Waals surface area (Å²) in [5.74, 6) is -0.223. The molecule has 1 aromatic rings. The van der Waals surface area contributed by atoms with Gasteiger partial charge in [0.25, 0.3) is 0 Å². The molecule has 0 fully saturated rings. The minimum Gasteiger partial charge on any atom is -0.333 e. The summed E-state index contributed by atoms with van der Waals surface area (Å²) in [7, 11) is 0. The number of rotatable bonds is 4. The Hall–Kier alpha value is -1.90. The molecule has 0 unspecified atom stereocenters. The standard InChI is InChI=1S/C12H13NO2/c1-2-12(15)13-9-8-11(14)10-6-4-3-5-7-10/h3-9H,2H2,1H3,(H,13,15)/b9-8+. The highest BCUT2D eigenvalue weighted by Gasteiger charge is 1.99. The van der Waals surface area contributed by atoms with Crippen molar-refractivity contribution in [2.45, 2.75) is 13.3 Å². The maximum absolute atomic E-state index is 11.5. The monoisotopic (exact) mass is 203 g/mol. The molecule has 0 aliphatic carbocycles. The van der Waals surface area contributed by atoms with Gasteiger partial charge < -0.3 is 5.32 Å². The van der Waals surface area contributed by atoms with E-state index in [-0.39, 0.29) is 11.7 Å². The van der Waals surface area contributed by atoms with Gasteiger partial charge in [0.1, 0.15) is 0 Å². The van der Waals surface area contributed by atoms with Gasteiger partial charge in [-0.1, -0.05) is 37.3 Å². The number of carbonyl (C=O) groups excluding carboxylic acids is 2. The Morgan fingerprint density at radius 1 is 1.27 bits per heavy atom. The maximum Gasteiger partial charge on any atom is 0.223 e. The van der Waals surface area contributed by atoms with E-state index in [4.69, 9.17) is 0 Å². The van der Waals surface area contributed by atoms with E-state index in [0.29, 0.717) is 12.0 Å². The molecule has 0 atom stereocenters. The first-order valence-corrected chi connectivity index (χ1v) is 4.79. The molecule has 1 amide bonds. The number of amides is 1. The molecule has 78 valence electrons. The fourth-order valence-corrected chi connectivity index (χ4v) is 1.01. The summed E-state index contributed by atoms with van der Waals surface area (Å²) in [6.45, 7) is 1.75. The molecule has 1 aromatic carbocycles. The second kappa shape index (κ2) is 5.75. The van der Waals surface area contributed by atoms with Crippen LogP contribution < -0.4 is 5.32 Å². The van der Waals surface area contributed by atoms with Crippen molar-refractivity contribution in [2.24, 2.45) is 0 Å². The molecule has 0 bridgehead atoms. The van der Waals surface area contributed by atoms with Crippen LogP contribution in [-0.4, -0.2) is 11.7 Å². The van der Waals surface area contributed by atoms with Gasteiger partial charge in [0.05, 0.1) is 0 Å². The molecular formula is C12H13NO2. The number of benzene rings is 1. The summed E-state index contributed by atoms with van der Waals surface area (Å²) >= 11 is 0. The Morgan fingerprint density at radius 2 is 1.93 bits per heavy atom. The third kappa shape index (κ3) is 3.77. The quantitative estimate of drug-likeness (QED) is 0.600. The van der Waals surface area contributed by atoms with Gasteiger partial charge in [-0.05, 0) is 0 Å². The summed E-state index contributed by atoms with van der Waals surface area (Å²) in [5.41, 5.74) is 0.611. The number of hydrogen-bond acceptors (Lipinski definition) is 2. The van der Waals surface area contributed by atoms with Gasteiger partial charge in [-0.15, -0.1) is 0 Å². The molecule has 1 rings (SSSR count). The summed E-state index contributed by atoms with van der Waals surface area (Å²) < 4.78 is 0. The second-order valence-corrected chi connectivity index (χ2v) is 2.98. The minimum atomic E-state index is -0.119. The van der Waals surface area contributed by atoms with E-state index in [1.54, 1.807) is 31.2 Å². The van der Waals surface area contributed by atoms with Crippen LogP contribution in [0.4, 0.5) is 0 Å². The van der Waals surface area contributed by atoms with E-state index < -0.39 is 0 Å². The molecule has 0 aromatic heterocycles. The summed E-state index contributed by atoms with van der Waals surface area (Å²) in [6, 6.07) is 8.90. The van der Waals surface area contributed by atoms with Crippen molar-refractivity contribution < 1.29 is 9.59 Å². The van der Waals surface area contributed by atoms with Gasteiger partial charge in [0.15, 0.2) is 5.78 Å². The van der Waals surface area contributed by atoms with Crippen LogP contribution in [0.3, 0.4) is 0 Å². The van der Waals surface area contributed by atoms with Crippen molar-refractivity contribution in [1.29, 1.82) is 0 Å². The molecule has 0 radical (unpaired) electrons. The molecule has 1 N–H and O–H groups in total. The Morgan fingerprint density at radius 3 is 2.53 bits per heavy atom. The average molecular weight is 203 g/mol. The maximum atomic E-state index is 11.5. The van der Waals surface area contributed by atoms with Crippen molar-refractivity contribution in [2.75, 3.05) is 0 Å². The average Bonchev–Trinajstić information content (AvgIpc) is 2.29. The fourth-order valence-electron chi connectivity index (χ4n) is 1.01. The predicted octanol–water partition coefficient (Wildman–Crippen LogP) is 1.91. The highest BCUT2D eigenvalue weighted by molar-refractivity contribution is 6.04. The van der Waals surface area contributed by atoms with Gasteiger partial charge in [0, 0.05) is 24.3 Å². The number of carbonyl (C=O) groups is 2. The highest BCUT2D eigenvalue weighted by atomic mass is 16.1. The molecule has 0 aliphatic heterocycles. The van der Waals surface area contributed by atoms with Crippen LogP contribution in [0.5, 0.6) is 0 Å². The van der Waals surface area contributed by atoms with Gasteiger partial charge >= 0.3 is 0 Å². The van der Waals surface area contributed by atoms with E-state index in [1.807, 2.05) is 6.07 Å². The van der Waals surface area contributed by atoms with Crippen molar-refractivity contribution in [3.63, 3.8) is 0 Å². The lowest BCUT2D eigenvalue weighted by molar-refractivity contribution is -0.119. The SMILES string of the molecule is CCC(=O)N/C=C/C(=O)c1ccccc1. The smallest absolute Gasteiger partial charge is 0.223 e. The van der Waals surface area contributed by atoms with Crippen LogP contribution in [0, 0.1) is 0 Å². The van der Waals surface area contributed by atoms with Crippen molar-refractivity contribution in [1.82, 2.24) is 5.32 Å². The van der Waals surface area contributed by atoms with Crippen LogP contribution in [0.1, 0.15) is 23.7 Å². The van der Waals surface area contributed by atoms with Crippen LogP contribution in [-0.2, 0) is 4.79 Å². The molecule has 15 heavy (non-hydrogen) atoms. The fraction of sp³-hybridized carbons (Fsp3) is 0.167. The van der Waals surface area contributed by atoms with Crippen molar-refractivity contribution in [3.05, 3.63) is 48.2 Å². The third-order valence-corrected chi connectivity index (χ3v) is 1.86. The zero-order chi connectivity index (χ0) is 11.1. The van der Waals surface area contributed by atoms with Crippen LogP contribution in [0.25, 0.3) is 0 Å². The Balaban J connectivity index is 2.53. The molecule has 0 aliphatic rings. The van der Waals surface area contributed by atoms with Crippen molar-refractivity contribution in [3.8, 4) is 0 Å². The van der Waals surface area contributed by atoms with Gasteiger partial charge in [-0.25, -0.2) is 0 Å². The third-order valence-electron chi connectivity index (χ3n) is 1.86. The lowest BCUT2D eigenvalue weighted by atomic mass is 10.1. The van der Waals surface area contributed by atoms with Crippen LogP contribution in [0.15, 0.2) is 42.6 Å². The summed E-state index contributed by atoms with van der Waals surface area (Å²) in [6.07, 6.45) is 3.13. The topological polar surface area (TPSA) is 46.2 Å². The number of hydrogen-bond donors (Lipinski definition) is 1. The predicted molar refractivity (Wildman–Crippen MR) is 58.3 cm³/mol. The normalized spacial score (nSPS) is 10.2. The molecular weight excluding hydrogens is 190 g/mol. The van der Waals surface area contributed by atoms with E-state index in [0.717, 1.165) is 0 Å². The summed E-state index contributed by atoms with van der Waals surface area (Å²) in [4.78, 5) is 22.3. The molecule has 3 nitrogen and oxygen atoms in total. The van der Waals surface area contributed by atoms with E-state index >= 15 is 0 Å². The number of nitrogens with one attached hydrogen (secondary N) is 1. The molecule has 0 spiro atoms. The van der Waals surface area contributed by atoms with E-state index in [9.17, 15) is 9.59 Å². The summed E-state index contributed by atoms with van der Waals surface area (Å²) in [5, 5.41) is 2.49. The van der Waals surface area contributed by atoms with E-state index in [2.05, 4.69) is 5.32 Å². The van der Waals surface area contributed by atoms with Gasteiger partial charge in [-0.2, -0.15) is 0 Å². The van der Waals surface area contributed by atoms with Crippen LogP contribution >= 0.6 is 0 Å².